The zero-order valence-corrected chi connectivity index (χ0v) is 14.7. The van der Waals surface area contributed by atoms with Gasteiger partial charge in [0, 0.05) is 45.5 Å². The molecule has 0 spiro atoms. The molecule has 25 heavy (non-hydrogen) atoms. The number of amides is 2. The lowest BCUT2D eigenvalue weighted by atomic mass is 10.2. The third-order valence-corrected chi connectivity index (χ3v) is 4.24. The van der Waals surface area contributed by atoms with E-state index in [1.54, 1.807) is 17.3 Å². The lowest BCUT2D eigenvalue weighted by Gasteiger charge is -2.18. The Labute approximate surface area is 148 Å². The van der Waals surface area contributed by atoms with Gasteiger partial charge in [-0.25, -0.2) is 4.79 Å². The number of hydrogen-bond acceptors (Lipinski definition) is 4. The first-order chi connectivity index (χ1) is 12.1. The quantitative estimate of drug-likeness (QED) is 0.909. The summed E-state index contributed by atoms with van der Waals surface area (Å²) in [4.78, 5) is 20.3. The lowest BCUT2D eigenvalue weighted by molar-refractivity contribution is 0.186. The number of benzene rings is 1. The Kier molecular flexibility index (Phi) is 5.38. The highest BCUT2D eigenvalue weighted by Gasteiger charge is 2.27. The van der Waals surface area contributed by atoms with Crippen molar-refractivity contribution in [1.29, 1.82) is 0 Å². The van der Waals surface area contributed by atoms with Crippen molar-refractivity contribution in [2.24, 2.45) is 0 Å². The molecule has 1 fully saturated rings. The number of pyridine rings is 1. The van der Waals surface area contributed by atoms with Crippen LogP contribution in [-0.2, 0) is 6.54 Å². The molecule has 3 rings (SSSR count). The SMILES string of the molecule is CN(C)c1cccc(CNC(=O)N2CCC(Oc3cccnc3)C2)c1. The smallest absolute Gasteiger partial charge is 0.317 e. The van der Waals surface area contributed by atoms with E-state index in [4.69, 9.17) is 4.74 Å². The van der Waals surface area contributed by atoms with Crippen LogP contribution in [0.4, 0.5) is 10.5 Å². The maximum absolute atomic E-state index is 12.4. The molecular formula is C19H24N4O2. The fourth-order valence-electron chi connectivity index (χ4n) is 2.85. The molecule has 1 aliphatic rings. The van der Waals surface area contributed by atoms with Gasteiger partial charge < -0.3 is 19.9 Å². The highest BCUT2D eigenvalue weighted by atomic mass is 16.5. The number of ether oxygens (including phenoxy) is 1. The maximum Gasteiger partial charge on any atom is 0.317 e. The molecule has 0 radical (unpaired) electrons. The molecule has 0 aliphatic carbocycles. The van der Waals surface area contributed by atoms with Gasteiger partial charge in [-0.2, -0.15) is 0 Å². The van der Waals surface area contributed by atoms with E-state index >= 15 is 0 Å². The van der Waals surface area contributed by atoms with Gasteiger partial charge in [-0.05, 0) is 29.8 Å². The first kappa shape index (κ1) is 17.1. The largest absolute Gasteiger partial charge is 0.487 e. The van der Waals surface area contributed by atoms with Crippen LogP contribution in [0.1, 0.15) is 12.0 Å². The van der Waals surface area contributed by atoms with Gasteiger partial charge in [0.15, 0.2) is 0 Å². The molecule has 0 bridgehead atoms. The predicted octanol–water partition coefficient (Wildman–Crippen LogP) is 2.51. The molecule has 1 atom stereocenters. The highest BCUT2D eigenvalue weighted by Crippen LogP contribution is 2.18. The van der Waals surface area contributed by atoms with Gasteiger partial charge in [-0.3, -0.25) is 4.98 Å². The molecule has 6 nitrogen and oxygen atoms in total. The van der Waals surface area contributed by atoms with Crippen molar-refractivity contribution >= 4 is 11.7 Å². The first-order valence-electron chi connectivity index (χ1n) is 8.47. The van der Waals surface area contributed by atoms with Crippen LogP contribution in [-0.4, -0.2) is 49.2 Å². The third-order valence-electron chi connectivity index (χ3n) is 4.24. The van der Waals surface area contributed by atoms with Crippen LogP contribution in [0.5, 0.6) is 5.75 Å². The Morgan fingerprint density at radius 1 is 1.36 bits per heavy atom. The normalized spacial score (nSPS) is 16.6. The van der Waals surface area contributed by atoms with Crippen molar-refractivity contribution in [2.45, 2.75) is 19.1 Å². The molecule has 0 saturated carbocycles. The molecular weight excluding hydrogens is 316 g/mol. The topological polar surface area (TPSA) is 57.7 Å². The van der Waals surface area contributed by atoms with Gasteiger partial charge in [0.05, 0.1) is 12.7 Å². The average Bonchev–Trinajstić information content (AvgIpc) is 3.09. The fraction of sp³-hybridized carbons (Fsp3) is 0.368. The average molecular weight is 340 g/mol. The number of carbonyl (C=O) groups is 1. The summed E-state index contributed by atoms with van der Waals surface area (Å²) in [6, 6.07) is 11.8. The molecule has 1 unspecified atom stereocenters. The zero-order valence-electron chi connectivity index (χ0n) is 14.7. The molecule has 2 amide bonds. The van der Waals surface area contributed by atoms with E-state index in [2.05, 4.69) is 16.4 Å². The monoisotopic (exact) mass is 340 g/mol. The Morgan fingerprint density at radius 3 is 3.00 bits per heavy atom. The van der Waals surface area contributed by atoms with Crippen molar-refractivity contribution in [1.82, 2.24) is 15.2 Å². The van der Waals surface area contributed by atoms with Gasteiger partial charge in [0.25, 0.3) is 0 Å². The molecule has 132 valence electrons. The summed E-state index contributed by atoms with van der Waals surface area (Å²) >= 11 is 0. The lowest BCUT2D eigenvalue weighted by Crippen LogP contribution is -2.39. The number of carbonyl (C=O) groups excluding carboxylic acids is 1. The molecule has 1 aromatic heterocycles. The predicted molar refractivity (Wildman–Crippen MR) is 97.8 cm³/mol. The van der Waals surface area contributed by atoms with E-state index in [1.807, 2.05) is 49.3 Å². The van der Waals surface area contributed by atoms with Crippen LogP contribution in [0.15, 0.2) is 48.8 Å². The molecule has 1 aliphatic heterocycles. The maximum atomic E-state index is 12.4. The van der Waals surface area contributed by atoms with Crippen LogP contribution in [0.25, 0.3) is 0 Å². The number of nitrogens with one attached hydrogen (secondary N) is 1. The van der Waals surface area contributed by atoms with Crippen molar-refractivity contribution in [3.63, 3.8) is 0 Å². The van der Waals surface area contributed by atoms with E-state index in [0.29, 0.717) is 19.6 Å². The minimum atomic E-state index is -0.0486. The van der Waals surface area contributed by atoms with Gasteiger partial charge in [-0.15, -0.1) is 0 Å². The van der Waals surface area contributed by atoms with Crippen molar-refractivity contribution in [2.75, 3.05) is 32.1 Å². The Balaban J connectivity index is 1.48. The van der Waals surface area contributed by atoms with E-state index in [0.717, 1.165) is 23.4 Å². The van der Waals surface area contributed by atoms with Gasteiger partial charge in [-0.1, -0.05) is 12.1 Å². The van der Waals surface area contributed by atoms with Crippen LogP contribution < -0.4 is 15.0 Å². The fourth-order valence-corrected chi connectivity index (χ4v) is 2.85. The van der Waals surface area contributed by atoms with Crippen LogP contribution in [0, 0.1) is 0 Å². The van der Waals surface area contributed by atoms with Gasteiger partial charge >= 0.3 is 6.03 Å². The Bertz CT molecular complexity index is 706. The molecule has 1 saturated heterocycles. The van der Waals surface area contributed by atoms with E-state index < -0.39 is 0 Å². The van der Waals surface area contributed by atoms with Crippen LogP contribution >= 0.6 is 0 Å². The van der Waals surface area contributed by atoms with E-state index in [1.165, 1.54) is 0 Å². The van der Waals surface area contributed by atoms with Crippen molar-refractivity contribution < 1.29 is 9.53 Å². The Morgan fingerprint density at radius 2 is 2.24 bits per heavy atom. The van der Waals surface area contributed by atoms with Gasteiger partial charge in [0.2, 0.25) is 0 Å². The second-order valence-electron chi connectivity index (χ2n) is 6.39. The van der Waals surface area contributed by atoms with Crippen molar-refractivity contribution in [3.05, 3.63) is 54.4 Å². The standard InChI is InChI=1S/C19H24N4O2/c1-22(2)16-6-3-5-15(11-16)12-21-19(24)23-10-8-18(14-23)25-17-7-4-9-20-13-17/h3-7,9,11,13,18H,8,10,12,14H2,1-2H3,(H,21,24). The van der Waals surface area contributed by atoms with Crippen LogP contribution in [0.3, 0.4) is 0 Å². The number of nitrogens with zero attached hydrogens (tertiary/aromatic N) is 3. The number of aromatic nitrogens is 1. The molecule has 1 N–H and O–H groups in total. The molecule has 1 aromatic carbocycles. The second-order valence-corrected chi connectivity index (χ2v) is 6.39. The summed E-state index contributed by atoms with van der Waals surface area (Å²) in [6.45, 7) is 1.82. The van der Waals surface area contributed by atoms with Crippen molar-refractivity contribution in [3.8, 4) is 5.75 Å². The number of hydrogen-bond donors (Lipinski definition) is 1. The molecule has 6 heteroatoms. The summed E-state index contributed by atoms with van der Waals surface area (Å²) in [5.41, 5.74) is 2.21. The summed E-state index contributed by atoms with van der Waals surface area (Å²) in [5.74, 6) is 0.746. The summed E-state index contributed by atoms with van der Waals surface area (Å²) in [6.07, 6.45) is 4.26. The van der Waals surface area contributed by atoms with E-state index in [-0.39, 0.29) is 12.1 Å². The van der Waals surface area contributed by atoms with E-state index in [9.17, 15) is 4.79 Å². The van der Waals surface area contributed by atoms with Crippen LogP contribution in [0.2, 0.25) is 0 Å². The number of urea groups is 1. The first-order valence-corrected chi connectivity index (χ1v) is 8.47. The number of anilines is 1. The van der Waals surface area contributed by atoms with Gasteiger partial charge in [0.1, 0.15) is 11.9 Å². The third kappa shape index (κ3) is 4.62. The highest BCUT2D eigenvalue weighted by molar-refractivity contribution is 5.74. The minimum Gasteiger partial charge on any atom is -0.487 e. The minimum absolute atomic E-state index is 0.0204. The molecule has 2 heterocycles. The molecule has 2 aromatic rings. The summed E-state index contributed by atoms with van der Waals surface area (Å²) in [7, 11) is 4.01. The summed E-state index contributed by atoms with van der Waals surface area (Å²) < 4.78 is 5.87. The number of likely N-dealkylation sites (tertiary alicyclic amines) is 1. The second kappa shape index (κ2) is 7.88. The zero-order chi connectivity index (χ0) is 17.6. The Hall–Kier alpha value is -2.76. The summed E-state index contributed by atoms with van der Waals surface area (Å²) in [5, 5.41) is 2.99. The number of rotatable bonds is 5.